The summed E-state index contributed by atoms with van der Waals surface area (Å²) >= 11 is 0. The van der Waals surface area contributed by atoms with E-state index in [9.17, 15) is 0 Å². The molecule has 2 heterocycles. The van der Waals surface area contributed by atoms with Gasteiger partial charge in [-0.15, -0.1) is 5.10 Å². The zero-order valence-electron chi connectivity index (χ0n) is 7.78. The first-order valence-corrected chi connectivity index (χ1v) is 4.36. The highest BCUT2D eigenvalue weighted by molar-refractivity contribution is 5.44. The van der Waals surface area contributed by atoms with Crippen molar-refractivity contribution >= 4 is 11.5 Å². The van der Waals surface area contributed by atoms with Crippen LogP contribution >= 0.6 is 0 Å². The van der Waals surface area contributed by atoms with Crippen molar-refractivity contribution in [1.82, 2.24) is 14.6 Å². The molecule has 0 aromatic carbocycles. The van der Waals surface area contributed by atoms with Crippen molar-refractivity contribution in [3.63, 3.8) is 0 Å². The lowest BCUT2D eigenvalue weighted by Gasteiger charge is -2.00. The fourth-order valence-corrected chi connectivity index (χ4v) is 1.28. The van der Waals surface area contributed by atoms with Crippen LogP contribution in [0.2, 0.25) is 0 Å². The molecule has 4 nitrogen and oxygen atoms in total. The first-order valence-electron chi connectivity index (χ1n) is 4.36. The highest BCUT2D eigenvalue weighted by atomic mass is 15.3. The third kappa shape index (κ3) is 1.47. The molecule has 0 atom stereocenters. The average molecular weight is 176 g/mol. The molecule has 0 amide bonds. The lowest BCUT2D eigenvalue weighted by atomic mass is 10.5. The number of hydrogen-bond donors (Lipinski definition) is 1. The summed E-state index contributed by atoms with van der Waals surface area (Å²) in [6.45, 7) is 4.89. The van der Waals surface area contributed by atoms with Gasteiger partial charge in [-0.25, -0.2) is 9.50 Å². The van der Waals surface area contributed by atoms with E-state index in [4.69, 9.17) is 0 Å². The van der Waals surface area contributed by atoms with Crippen LogP contribution in [0.5, 0.6) is 0 Å². The minimum atomic E-state index is 0.881. The van der Waals surface area contributed by atoms with Gasteiger partial charge in [0.2, 0.25) is 0 Å². The summed E-state index contributed by atoms with van der Waals surface area (Å²) in [7, 11) is 0. The van der Waals surface area contributed by atoms with Crippen LogP contribution in [-0.2, 0) is 0 Å². The molecule has 2 aromatic heterocycles. The molecular weight excluding hydrogens is 164 g/mol. The van der Waals surface area contributed by atoms with E-state index in [0.717, 1.165) is 23.7 Å². The van der Waals surface area contributed by atoms with Gasteiger partial charge in [-0.1, -0.05) is 0 Å². The van der Waals surface area contributed by atoms with Crippen LogP contribution in [-0.4, -0.2) is 21.1 Å². The van der Waals surface area contributed by atoms with Gasteiger partial charge < -0.3 is 5.32 Å². The van der Waals surface area contributed by atoms with Gasteiger partial charge in [-0.05, 0) is 26.0 Å². The number of hydrogen-bond acceptors (Lipinski definition) is 3. The molecule has 0 aliphatic rings. The van der Waals surface area contributed by atoms with Gasteiger partial charge in [0.15, 0.2) is 5.65 Å². The van der Waals surface area contributed by atoms with Gasteiger partial charge in [-0.2, -0.15) is 0 Å². The van der Waals surface area contributed by atoms with E-state index < -0.39 is 0 Å². The van der Waals surface area contributed by atoms with Crippen molar-refractivity contribution in [2.45, 2.75) is 13.8 Å². The number of aromatic nitrogens is 3. The van der Waals surface area contributed by atoms with Gasteiger partial charge in [0.25, 0.3) is 0 Å². The molecule has 1 N–H and O–H groups in total. The maximum atomic E-state index is 4.33. The second kappa shape index (κ2) is 3.05. The summed E-state index contributed by atoms with van der Waals surface area (Å²) < 4.78 is 1.79. The van der Waals surface area contributed by atoms with Crippen LogP contribution < -0.4 is 5.32 Å². The Morgan fingerprint density at radius 3 is 3.08 bits per heavy atom. The predicted octanol–water partition coefficient (Wildman–Crippen LogP) is 1.47. The second-order valence-corrected chi connectivity index (χ2v) is 2.93. The first kappa shape index (κ1) is 8.04. The number of rotatable bonds is 2. The Hall–Kier alpha value is -1.58. The van der Waals surface area contributed by atoms with Crippen LogP contribution in [0.4, 0.5) is 5.82 Å². The van der Waals surface area contributed by atoms with Crippen molar-refractivity contribution in [2.75, 3.05) is 11.9 Å². The Morgan fingerprint density at radius 1 is 1.46 bits per heavy atom. The van der Waals surface area contributed by atoms with Gasteiger partial charge in [0.05, 0.1) is 11.9 Å². The average Bonchev–Trinajstić information content (AvgIpc) is 2.44. The largest absolute Gasteiger partial charge is 0.369 e. The second-order valence-electron chi connectivity index (χ2n) is 2.93. The predicted molar refractivity (Wildman–Crippen MR) is 51.9 cm³/mol. The van der Waals surface area contributed by atoms with E-state index >= 15 is 0 Å². The summed E-state index contributed by atoms with van der Waals surface area (Å²) in [6.07, 6.45) is 1.91. The number of anilines is 1. The monoisotopic (exact) mass is 176 g/mol. The summed E-state index contributed by atoms with van der Waals surface area (Å²) in [4.78, 5) is 4.29. The van der Waals surface area contributed by atoms with Crippen LogP contribution in [0, 0.1) is 6.92 Å². The molecule has 0 bridgehead atoms. The maximum absolute atomic E-state index is 4.33. The van der Waals surface area contributed by atoms with E-state index in [2.05, 4.69) is 15.4 Å². The Labute approximate surface area is 76.6 Å². The van der Waals surface area contributed by atoms with Gasteiger partial charge in [0.1, 0.15) is 5.82 Å². The number of nitrogens with zero attached hydrogens (tertiary/aromatic N) is 3. The van der Waals surface area contributed by atoms with Crippen molar-refractivity contribution in [3.05, 3.63) is 24.0 Å². The minimum Gasteiger partial charge on any atom is -0.369 e. The molecule has 2 aromatic rings. The fraction of sp³-hybridized carbons (Fsp3) is 0.333. The highest BCUT2D eigenvalue weighted by Gasteiger charge is 1.98. The lowest BCUT2D eigenvalue weighted by Crippen LogP contribution is -2.01. The lowest BCUT2D eigenvalue weighted by molar-refractivity contribution is 0.929. The molecule has 0 radical (unpaired) electrons. The smallest absolute Gasteiger partial charge is 0.153 e. The van der Waals surface area contributed by atoms with Gasteiger partial charge in [0, 0.05) is 6.54 Å². The topological polar surface area (TPSA) is 42.2 Å². The Kier molecular flexibility index (Phi) is 1.88. The molecule has 0 saturated heterocycles. The van der Waals surface area contributed by atoms with E-state index in [1.165, 1.54) is 0 Å². The van der Waals surface area contributed by atoms with Gasteiger partial charge >= 0.3 is 0 Å². The molecule has 0 fully saturated rings. The minimum absolute atomic E-state index is 0.881. The molecule has 4 heteroatoms. The van der Waals surface area contributed by atoms with E-state index in [-0.39, 0.29) is 0 Å². The SMILES string of the molecule is CCNc1ccc2nc(C)cn2n1. The molecule has 13 heavy (non-hydrogen) atoms. The third-order valence-electron chi connectivity index (χ3n) is 1.80. The van der Waals surface area contributed by atoms with Crippen molar-refractivity contribution in [3.8, 4) is 0 Å². The van der Waals surface area contributed by atoms with Crippen LogP contribution in [0.25, 0.3) is 5.65 Å². The number of fused-ring (bicyclic) bond motifs is 1. The summed E-state index contributed by atoms with van der Waals surface area (Å²) in [5, 5.41) is 7.48. The van der Waals surface area contributed by atoms with E-state index in [1.807, 2.05) is 32.2 Å². The molecule has 68 valence electrons. The normalized spacial score (nSPS) is 10.6. The van der Waals surface area contributed by atoms with Crippen molar-refractivity contribution in [2.24, 2.45) is 0 Å². The van der Waals surface area contributed by atoms with E-state index in [1.54, 1.807) is 4.52 Å². The Bertz CT molecular complexity index is 418. The van der Waals surface area contributed by atoms with Crippen LogP contribution in [0.1, 0.15) is 12.6 Å². The molecule has 0 aliphatic heterocycles. The fourth-order valence-electron chi connectivity index (χ4n) is 1.28. The molecule has 0 spiro atoms. The maximum Gasteiger partial charge on any atom is 0.153 e. The summed E-state index contributed by atoms with van der Waals surface area (Å²) in [5.41, 5.74) is 1.88. The molecular formula is C9H12N4. The third-order valence-corrected chi connectivity index (χ3v) is 1.80. The zero-order valence-corrected chi connectivity index (χ0v) is 7.78. The number of imidazole rings is 1. The van der Waals surface area contributed by atoms with E-state index in [0.29, 0.717) is 0 Å². The zero-order chi connectivity index (χ0) is 9.26. The molecule has 0 saturated carbocycles. The van der Waals surface area contributed by atoms with Gasteiger partial charge in [-0.3, -0.25) is 0 Å². The van der Waals surface area contributed by atoms with Crippen LogP contribution in [0.15, 0.2) is 18.3 Å². The van der Waals surface area contributed by atoms with Crippen molar-refractivity contribution < 1.29 is 0 Å². The van der Waals surface area contributed by atoms with Crippen LogP contribution in [0.3, 0.4) is 0 Å². The standard InChI is InChI=1S/C9H12N4/c1-3-10-8-4-5-9-11-7(2)6-13(9)12-8/h4-6H,3H2,1-2H3,(H,10,12). The Balaban J connectivity index is 2.48. The highest BCUT2D eigenvalue weighted by Crippen LogP contribution is 2.06. The summed E-state index contributed by atoms with van der Waals surface area (Å²) in [5.74, 6) is 0.882. The quantitative estimate of drug-likeness (QED) is 0.753. The number of aryl methyl sites for hydroxylation is 1. The molecule has 2 rings (SSSR count). The Morgan fingerprint density at radius 2 is 2.31 bits per heavy atom. The van der Waals surface area contributed by atoms with Crippen molar-refractivity contribution in [1.29, 1.82) is 0 Å². The summed E-state index contributed by atoms with van der Waals surface area (Å²) in [6, 6.07) is 3.89. The molecule has 0 aliphatic carbocycles. The first-order chi connectivity index (χ1) is 6.29. The number of nitrogens with one attached hydrogen (secondary N) is 1. The molecule has 0 unspecified atom stereocenters.